The summed E-state index contributed by atoms with van der Waals surface area (Å²) in [5.41, 5.74) is 0. The van der Waals surface area contributed by atoms with Crippen molar-refractivity contribution < 1.29 is 4.52 Å². The molecule has 15 heavy (non-hydrogen) atoms. The maximum atomic E-state index is 8.66. The summed E-state index contributed by atoms with van der Waals surface area (Å²) in [6.07, 6.45) is 2.92. The fourth-order valence-corrected chi connectivity index (χ4v) is 1.68. The van der Waals surface area contributed by atoms with Crippen LogP contribution in [0.3, 0.4) is 0 Å². The van der Waals surface area contributed by atoms with Crippen molar-refractivity contribution in [1.29, 1.82) is 5.26 Å². The molecule has 1 aliphatic heterocycles. The average molecular weight is 206 g/mol. The van der Waals surface area contributed by atoms with Crippen LogP contribution in [0, 0.1) is 17.2 Å². The van der Waals surface area contributed by atoms with Gasteiger partial charge in [-0.15, -0.1) is 0 Å². The van der Waals surface area contributed by atoms with Crippen molar-refractivity contribution in [2.24, 2.45) is 5.92 Å². The van der Waals surface area contributed by atoms with Crippen LogP contribution in [0.15, 0.2) is 4.52 Å². The Balaban J connectivity index is 2.00. The summed E-state index contributed by atoms with van der Waals surface area (Å²) in [6.45, 7) is 3.86. The Morgan fingerprint density at radius 3 is 2.93 bits per heavy atom. The molecule has 1 aromatic rings. The highest BCUT2D eigenvalue weighted by Crippen LogP contribution is 2.17. The van der Waals surface area contributed by atoms with E-state index in [1.54, 1.807) is 0 Å². The third-order valence-electron chi connectivity index (χ3n) is 2.55. The quantitative estimate of drug-likeness (QED) is 0.747. The van der Waals surface area contributed by atoms with Gasteiger partial charge in [-0.1, -0.05) is 0 Å². The summed E-state index contributed by atoms with van der Waals surface area (Å²) in [5.74, 6) is 1.16. The van der Waals surface area contributed by atoms with Gasteiger partial charge in [0.25, 0.3) is 5.95 Å². The zero-order chi connectivity index (χ0) is 10.7. The van der Waals surface area contributed by atoms with Gasteiger partial charge in [-0.25, -0.2) is 0 Å². The molecule has 0 aromatic carbocycles. The van der Waals surface area contributed by atoms with Crippen molar-refractivity contribution in [2.45, 2.75) is 26.2 Å². The lowest BCUT2D eigenvalue weighted by atomic mass is 10.1. The molecule has 0 spiro atoms. The summed E-state index contributed by atoms with van der Waals surface area (Å²) in [7, 11) is 0. The van der Waals surface area contributed by atoms with E-state index in [9.17, 15) is 0 Å². The number of rotatable bonds is 3. The van der Waals surface area contributed by atoms with Crippen LogP contribution in [-0.4, -0.2) is 23.2 Å². The van der Waals surface area contributed by atoms with E-state index in [-0.39, 0.29) is 5.92 Å². The zero-order valence-electron chi connectivity index (χ0n) is 8.81. The van der Waals surface area contributed by atoms with Gasteiger partial charge in [0.1, 0.15) is 0 Å². The first-order chi connectivity index (χ1) is 7.29. The predicted molar refractivity (Wildman–Crippen MR) is 54.2 cm³/mol. The van der Waals surface area contributed by atoms with E-state index >= 15 is 0 Å². The summed E-state index contributed by atoms with van der Waals surface area (Å²) >= 11 is 0. The molecule has 5 nitrogen and oxygen atoms in total. The lowest BCUT2D eigenvalue weighted by molar-refractivity contribution is 0.368. The van der Waals surface area contributed by atoms with Crippen molar-refractivity contribution >= 4 is 5.95 Å². The summed E-state index contributed by atoms with van der Waals surface area (Å²) in [4.78, 5) is 6.39. The number of hydrogen-bond donors (Lipinski definition) is 0. The molecule has 5 heteroatoms. The number of nitriles is 1. The van der Waals surface area contributed by atoms with Crippen LogP contribution in [0.4, 0.5) is 5.95 Å². The Hall–Kier alpha value is -1.57. The molecule has 1 aliphatic rings. The minimum Gasteiger partial charge on any atom is -0.338 e. The third-order valence-corrected chi connectivity index (χ3v) is 2.55. The molecule has 2 heterocycles. The molecule has 0 N–H and O–H groups in total. The molecule has 0 bridgehead atoms. The topological polar surface area (TPSA) is 66.0 Å². The van der Waals surface area contributed by atoms with E-state index in [1.165, 1.54) is 12.8 Å². The van der Waals surface area contributed by atoms with E-state index in [0.717, 1.165) is 13.1 Å². The zero-order valence-corrected chi connectivity index (χ0v) is 8.81. The summed E-state index contributed by atoms with van der Waals surface area (Å²) < 4.78 is 5.10. The average Bonchev–Trinajstić information content (AvgIpc) is 2.85. The minimum absolute atomic E-state index is 0.0723. The number of hydrogen-bond acceptors (Lipinski definition) is 5. The molecule has 0 aliphatic carbocycles. The van der Waals surface area contributed by atoms with E-state index in [0.29, 0.717) is 18.3 Å². The molecule has 1 atom stereocenters. The van der Waals surface area contributed by atoms with Crippen LogP contribution in [0.2, 0.25) is 0 Å². The highest BCUT2D eigenvalue weighted by molar-refractivity contribution is 5.28. The van der Waals surface area contributed by atoms with Crippen LogP contribution in [0.1, 0.15) is 25.7 Å². The SMILES string of the molecule is CC(C#N)Cc1nc(N2CCCC2)no1. The molecule has 1 fully saturated rings. The fourth-order valence-electron chi connectivity index (χ4n) is 1.68. The van der Waals surface area contributed by atoms with Crippen molar-refractivity contribution in [3.63, 3.8) is 0 Å². The molecular weight excluding hydrogens is 192 g/mol. The Morgan fingerprint density at radius 1 is 1.53 bits per heavy atom. The van der Waals surface area contributed by atoms with Gasteiger partial charge >= 0.3 is 0 Å². The van der Waals surface area contributed by atoms with Crippen molar-refractivity contribution in [2.75, 3.05) is 18.0 Å². The molecule has 2 rings (SSSR count). The molecule has 1 unspecified atom stereocenters. The largest absolute Gasteiger partial charge is 0.338 e. The second kappa shape index (κ2) is 4.30. The molecule has 80 valence electrons. The van der Waals surface area contributed by atoms with Crippen molar-refractivity contribution in [3.05, 3.63) is 5.89 Å². The Kier molecular flexibility index (Phi) is 2.86. The molecule has 0 saturated carbocycles. The van der Waals surface area contributed by atoms with Gasteiger partial charge in [0, 0.05) is 19.5 Å². The first-order valence-electron chi connectivity index (χ1n) is 5.27. The minimum atomic E-state index is -0.0723. The molecule has 1 aromatic heterocycles. The van der Waals surface area contributed by atoms with Gasteiger partial charge < -0.3 is 9.42 Å². The first-order valence-corrected chi connectivity index (χ1v) is 5.27. The third kappa shape index (κ3) is 2.27. The Labute approximate surface area is 88.7 Å². The molecular formula is C10H14N4O. The normalized spacial score (nSPS) is 17.7. The lowest BCUT2D eigenvalue weighted by Crippen LogP contribution is -2.18. The Morgan fingerprint density at radius 2 is 2.27 bits per heavy atom. The van der Waals surface area contributed by atoms with E-state index in [1.807, 2.05) is 6.92 Å². The van der Waals surface area contributed by atoms with Gasteiger partial charge in [-0.2, -0.15) is 10.2 Å². The van der Waals surface area contributed by atoms with Gasteiger partial charge in [-0.3, -0.25) is 0 Å². The number of nitrogens with zero attached hydrogens (tertiary/aromatic N) is 4. The lowest BCUT2D eigenvalue weighted by Gasteiger charge is -2.09. The highest BCUT2D eigenvalue weighted by atomic mass is 16.5. The maximum absolute atomic E-state index is 8.66. The fraction of sp³-hybridized carbons (Fsp3) is 0.700. The van der Waals surface area contributed by atoms with Gasteiger partial charge in [0.05, 0.1) is 12.0 Å². The summed E-state index contributed by atoms with van der Waals surface area (Å²) in [6, 6.07) is 2.15. The van der Waals surface area contributed by atoms with Crippen LogP contribution in [0.25, 0.3) is 0 Å². The highest BCUT2D eigenvalue weighted by Gasteiger charge is 2.18. The summed E-state index contributed by atoms with van der Waals surface area (Å²) in [5, 5.41) is 12.6. The van der Waals surface area contributed by atoms with Gasteiger partial charge in [0.15, 0.2) is 0 Å². The number of aromatic nitrogens is 2. The molecule has 0 amide bonds. The van der Waals surface area contributed by atoms with E-state index in [4.69, 9.17) is 9.78 Å². The van der Waals surface area contributed by atoms with Crippen LogP contribution in [-0.2, 0) is 6.42 Å². The monoisotopic (exact) mass is 206 g/mol. The smallest absolute Gasteiger partial charge is 0.266 e. The standard InChI is InChI=1S/C10H14N4O/c1-8(7-11)6-9-12-10(13-15-9)14-4-2-3-5-14/h8H,2-6H2,1H3. The first kappa shape index (κ1) is 9.97. The second-order valence-electron chi connectivity index (χ2n) is 3.92. The maximum Gasteiger partial charge on any atom is 0.266 e. The van der Waals surface area contributed by atoms with Crippen LogP contribution in [0.5, 0.6) is 0 Å². The number of anilines is 1. The van der Waals surface area contributed by atoms with Gasteiger partial charge in [-0.05, 0) is 24.9 Å². The Bertz CT molecular complexity index is 362. The second-order valence-corrected chi connectivity index (χ2v) is 3.92. The predicted octanol–water partition coefficient (Wildman–Crippen LogP) is 1.37. The van der Waals surface area contributed by atoms with Crippen molar-refractivity contribution in [1.82, 2.24) is 10.1 Å². The molecule has 0 radical (unpaired) electrons. The van der Waals surface area contributed by atoms with Crippen molar-refractivity contribution in [3.8, 4) is 6.07 Å². The van der Waals surface area contributed by atoms with E-state index < -0.39 is 0 Å². The van der Waals surface area contributed by atoms with Gasteiger partial charge in [0.2, 0.25) is 5.89 Å². The van der Waals surface area contributed by atoms with E-state index in [2.05, 4.69) is 21.1 Å². The van der Waals surface area contributed by atoms with Crippen LogP contribution >= 0.6 is 0 Å². The molecule has 1 saturated heterocycles. The van der Waals surface area contributed by atoms with Crippen LogP contribution < -0.4 is 4.90 Å².